The second kappa shape index (κ2) is 8.24. The van der Waals surface area contributed by atoms with Crippen molar-refractivity contribution < 1.29 is 14.5 Å². The van der Waals surface area contributed by atoms with Gasteiger partial charge in [0.1, 0.15) is 6.54 Å². The van der Waals surface area contributed by atoms with Gasteiger partial charge in [0.15, 0.2) is 0 Å². The normalized spacial score (nSPS) is 16.5. The van der Waals surface area contributed by atoms with Crippen molar-refractivity contribution >= 4 is 22.9 Å². The zero-order valence-corrected chi connectivity index (χ0v) is 14.9. The van der Waals surface area contributed by atoms with Crippen molar-refractivity contribution in [1.82, 2.24) is 9.47 Å². The number of rotatable bonds is 7. The maximum atomic E-state index is 12.8. The van der Waals surface area contributed by atoms with Gasteiger partial charge in [-0.2, -0.15) is 0 Å². The van der Waals surface area contributed by atoms with Gasteiger partial charge in [0.25, 0.3) is 11.2 Å². The number of nitro groups is 1. The average molecular weight is 377 g/mol. The molecule has 0 aromatic carbocycles. The summed E-state index contributed by atoms with van der Waals surface area (Å²) in [5.41, 5.74) is -0.668. The summed E-state index contributed by atoms with van der Waals surface area (Å²) >= 11 is 1.55. The summed E-state index contributed by atoms with van der Waals surface area (Å²) < 4.78 is 6.71. The van der Waals surface area contributed by atoms with Gasteiger partial charge in [-0.1, -0.05) is 6.07 Å². The van der Waals surface area contributed by atoms with Gasteiger partial charge >= 0.3 is 0 Å². The Hall–Kier alpha value is -2.52. The predicted octanol–water partition coefficient (Wildman–Crippen LogP) is 2.03. The lowest BCUT2D eigenvalue weighted by atomic mass is 10.2. The second-order valence-corrected chi connectivity index (χ2v) is 7.13. The van der Waals surface area contributed by atoms with Gasteiger partial charge in [-0.3, -0.25) is 24.3 Å². The van der Waals surface area contributed by atoms with E-state index in [1.807, 2.05) is 17.5 Å². The molecule has 0 radical (unpaired) electrons. The summed E-state index contributed by atoms with van der Waals surface area (Å²) in [6.07, 6.45) is 2.96. The van der Waals surface area contributed by atoms with Crippen molar-refractivity contribution in [1.29, 1.82) is 0 Å². The molecule has 9 heteroatoms. The average Bonchev–Trinajstić information content (AvgIpc) is 3.30. The van der Waals surface area contributed by atoms with Crippen molar-refractivity contribution in [3.8, 4) is 0 Å². The van der Waals surface area contributed by atoms with E-state index in [4.69, 9.17) is 4.74 Å². The highest BCUT2D eigenvalue weighted by Crippen LogP contribution is 2.18. The molecular weight excluding hydrogens is 358 g/mol. The number of carbonyl (C=O) groups is 1. The van der Waals surface area contributed by atoms with E-state index in [1.165, 1.54) is 0 Å². The van der Waals surface area contributed by atoms with Crippen LogP contribution in [0.5, 0.6) is 0 Å². The molecule has 0 aliphatic carbocycles. The third-order valence-electron chi connectivity index (χ3n) is 4.21. The fraction of sp³-hybridized carbons (Fsp3) is 0.412. The molecule has 0 saturated carbocycles. The van der Waals surface area contributed by atoms with E-state index < -0.39 is 10.5 Å². The van der Waals surface area contributed by atoms with E-state index in [-0.39, 0.29) is 24.2 Å². The van der Waals surface area contributed by atoms with Crippen LogP contribution in [0.1, 0.15) is 17.7 Å². The Morgan fingerprint density at radius 1 is 1.42 bits per heavy atom. The fourth-order valence-electron chi connectivity index (χ4n) is 2.88. The lowest BCUT2D eigenvalue weighted by Gasteiger charge is -2.25. The number of hydrogen-bond acceptors (Lipinski definition) is 6. The molecule has 2 aromatic rings. The summed E-state index contributed by atoms with van der Waals surface area (Å²) in [7, 11) is 0. The maximum Gasteiger partial charge on any atom is 0.285 e. The molecule has 8 nitrogen and oxygen atoms in total. The van der Waals surface area contributed by atoms with Crippen LogP contribution in [0.3, 0.4) is 0 Å². The molecule has 0 N–H and O–H groups in total. The molecular formula is C17H19N3O5S. The Labute approximate surface area is 153 Å². The lowest BCUT2D eigenvalue weighted by Crippen LogP contribution is -2.40. The minimum Gasteiger partial charge on any atom is -0.376 e. The number of carbonyl (C=O) groups excluding carboxylic acids is 1. The zero-order chi connectivity index (χ0) is 18.5. The predicted molar refractivity (Wildman–Crippen MR) is 96.1 cm³/mol. The highest BCUT2D eigenvalue weighted by atomic mass is 32.1. The van der Waals surface area contributed by atoms with E-state index >= 15 is 0 Å². The van der Waals surface area contributed by atoms with Crippen molar-refractivity contribution in [3.63, 3.8) is 0 Å². The van der Waals surface area contributed by atoms with Gasteiger partial charge < -0.3 is 9.64 Å². The van der Waals surface area contributed by atoms with Crippen molar-refractivity contribution in [2.45, 2.75) is 32.0 Å². The molecule has 1 aliphatic heterocycles. The minimum atomic E-state index is -0.587. The van der Waals surface area contributed by atoms with Crippen LogP contribution in [0.2, 0.25) is 0 Å². The fourth-order valence-corrected chi connectivity index (χ4v) is 3.59. The van der Waals surface area contributed by atoms with Crippen LogP contribution in [0, 0.1) is 10.1 Å². The summed E-state index contributed by atoms with van der Waals surface area (Å²) in [5.74, 6) is -0.267. The molecule has 0 bridgehead atoms. The van der Waals surface area contributed by atoms with Gasteiger partial charge in [0.05, 0.1) is 23.8 Å². The Morgan fingerprint density at radius 2 is 2.27 bits per heavy atom. The highest BCUT2D eigenvalue weighted by molar-refractivity contribution is 7.09. The standard InChI is InChI=1S/C17H19N3O5S/c21-16-6-5-13(20(23)24)9-18(16)12-17(22)19(10-14-3-1-7-25-14)11-15-4-2-8-26-15/h2,4-6,8-9,14H,1,3,7,10-12H2. The van der Waals surface area contributed by atoms with Crippen LogP contribution in [0.25, 0.3) is 0 Å². The minimum absolute atomic E-state index is 0.0132. The molecule has 2 aromatic heterocycles. The van der Waals surface area contributed by atoms with Crippen LogP contribution in [0.4, 0.5) is 5.69 Å². The molecule has 1 saturated heterocycles. The van der Waals surface area contributed by atoms with Gasteiger partial charge in [0, 0.05) is 30.2 Å². The zero-order valence-electron chi connectivity index (χ0n) is 14.1. The summed E-state index contributed by atoms with van der Waals surface area (Å²) in [5, 5.41) is 12.8. The number of hydrogen-bond donors (Lipinski definition) is 0. The first-order chi connectivity index (χ1) is 12.5. The Morgan fingerprint density at radius 3 is 2.92 bits per heavy atom. The first kappa shape index (κ1) is 18.3. The van der Waals surface area contributed by atoms with Crippen molar-refractivity contribution in [2.24, 2.45) is 0 Å². The quantitative estimate of drug-likeness (QED) is 0.543. The topological polar surface area (TPSA) is 94.7 Å². The van der Waals surface area contributed by atoms with Gasteiger partial charge in [-0.15, -0.1) is 11.3 Å². The van der Waals surface area contributed by atoms with Crippen molar-refractivity contribution in [2.75, 3.05) is 13.2 Å². The molecule has 3 heterocycles. The monoisotopic (exact) mass is 377 g/mol. The maximum absolute atomic E-state index is 12.8. The van der Waals surface area contributed by atoms with Crippen LogP contribution < -0.4 is 5.56 Å². The Kier molecular flexibility index (Phi) is 5.79. The molecule has 138 valence electrons. The highest BCUT2D eigenvalue weighted by Gasteiger charge is 2.23. The molecule has 1 aliphatic rings. The van der Waals surface area contributed by atoms with Crippen LogP contribution in [-0.4, -0.2) is 39.6 Å². The molecule has 1 fully saturated rings. The second-order valence-electron chi connectivity index (χ2n) is 6.10. The van der Waals surface area contributed by atoms with Crippen molar-refractivity contribution in [3.05, 3.63) is 61.2 Å². The summed E-state index contributed by atoms with van der Waals surface area (Å²) in [6.45, 7) is 1.33. The number of ether oxygens (including phenoxy) is 1. The lowest BCUT2D eigenvalue weighted by molar-refractivity contribution is -0.385. The van der Waals surface area contributed by atoms with Crippen LogP contribution >= 0.6 is 11.3 Å². The number of amides is 1. The van der Waals surface area contributed by atoms with E-state index in [9.17, 15) is 19.7 Å². The van der Waals surface area contributed by atoms with E-state index in [2.05, 4.69) is 0 Å². The first-order valence-electron chi connectivity index (χ1n) is 8.29. The number of aromatic nitrogens is 1. The van der Waals surface area contributed by atoms with E-state index in [0.717, 1.165) is 40.6 Å². The van der Waals surface area contributed by atoms with Crippen LogP contribution in [-0.2, 0) is 22.6 Å². The SMILES string of the molecule is O=C(Cn1cc([N+](=O)[O-])ccc1=O)N(Cc1cccs1)CC1CCCO1. The Bertz CT molecular complexity index is 827. The number of nitrogens with zero attached hydrogens (tertiary/aromatic N) is 3. The molecule has 3 rings (SSSR count). The van der Waals surface area contributed by atoms with Crippen LogP contribution in [0.15, 0.2) is 40.6 Å². The molecule has 0 spiro atoms. The van der Waals surface area contributed by atoms with E-state index in [0.29, 0.717) is 19.7 Å². The largest absolute Gasteiger partial charge is 0.376 e. The molecule has 1 atom stereocenters. The van der Waals surface area contributed by atoms with E-state index in [1.54, 1.807) is 16.2 Å². The molecule has 26 heavy (non-hydrogen) atoms. The third-order valence-corrected chi connectivity index (χ3v) is 5.07. The summed E-state index contributed by atoms with van der Waals surface area (Å²) in [4.78, 5) is 37.8. The molecule has 1 unspecified atom stereocenters. The number of thiophene rings is 1. The van der Waals surface area contributed by atoms with Gasteiger partial charge in [-0.25, -0.2) is 0 Å². The molecule has 1 amide bonds. The van der Waals surface area contributed by atoms with Gasteiger partial charge in [-0.05, 0) is 24.3 Å². The smallest absolute Gasteiger partial charge is 0.285 e. The number of pyridine rings is 1. The third kappa shape index (κ3) is 4.55. The summed E-state index contributed by atoms with van der Waals surface area (Å²) in [6, 6.07) is 6.11. The first-order valence-corrected chi connectivity index (χ1v) is 9.17. The van der Waals surface area contributed by atoms with Gasteiger partial charge in [0.2, 0.25) is 5.91 Å². The Balaban J connectivity index is 1.76.